The number of nitrogens with two attached hydrogens (primary N) is 2. The highest BCUT2D eigenvalue weighted by Gasteiger charge is 2.05. The Labute approximate surface area is 317 Å². The molecule has 3 heteroatoms. The molecule has 4 N–H and O–H groups in total. The number of ether oxygens (including phenoxy) is 1. The van der Waals surface area contributed by atoms with Crippen molar-refractivity contribution in [2.75, 3.05) is 13.2 Å². The molecule has 2 unspecified atom stereocenters. The van der Waals surface area contributed by atoms with Crippen molar-refractivity contribution < 1.29 is 4.74 Å². The van der Waals surface area contributed by atoms with E-state index in [1.807, 2.05) is 0 Å². The van der Waals surface area contributed by atoms with Gasteiger partial charge in [-0.25, -0.2) is 0 Å². The highest BCUT2D eigenvalue weighted by molar-refractivity contribution is 5.18. The van der Waals surface area contributed by atoms with Crippen LogP contribution in [0.4, 0.5) is 0 Å². The quantitative estimate of drug-likeness (QED) is 0.0684. The van der Waals surface area contributed by atoms with Crippen LogP contribution in [0.3, 0.4) is 0 Å². The van der Waals surface area contributed by atoms with Gasteiger partial charge in [-0.15, -0.1) is 0 Å². The molecule has 292 valence electrons. The summed E-state index contributed by atoms with van der Waals surface area (Å²) in [6, 6.07) is 21.5. The molecule has 2 aromatic rings. The van der Waals surface area contributed by atoms with Crippen molar-refractivity contribution in [2.45, 2.75) is 218 Å². The summed E-state index contributed by atoms with van der Waals surface area (Å²) in [5.41, 5.74) is 15.2. The molecule has 0 fully saturated rings. The van der Waals surface area contributed by atoms with Gasteiger partial charge < -0.3 is 16.2 Å². The molecule has 0 spiro atoms. The van der Waals surface area contributed by atoms with Gasteiger partial charge in [0.25, 0.3) is 0 Å². The monoisotopic (exact) mass is 705 g/mol. The van der Waals surface area contributed by atoms with Gasteiger partial charge in [0.1, 0.15) is 0 Å². The van der Waals surface area contributed by atoms with Crippen molar-refractivity contribution in [3.8, 4) is 0 Å². The van der Waals surface area contributed by atoms with Gasteiger partial charge in [-0.05, 0) is 36.8 Å². The van der Waals surface area contributed by atoms with Crippen molar-refractivity contribution in [2.24, 2.45) is 11.5 Å². The summed E-state index contributed by atoms with van der Waals surface area (Å²) in [5, 5.41) is 0. The SMILES string of the molecule is NC(CCCCCCCCCCCCCCCCCOCCCCCCCCCCCCCCCCCC(N)c1ccccc1)c1ccccc1. The second-order valence-electron chi connectivity index (χ2n) is 15.8. The first-order valence-corrected chi connectivity index (χ1v) is 22.5. The molecule has 51 heavy (non-hydrogen) atoms. The van der Waals surface area contributed by atoms with Crippen LogP contribution < -0.4 is 11.5 Å². The fourth-order valence-electron chi connectivity index (χ4n) is 7.57. The van der Waals surface area contributed by atoms with E-state index < -0.39 is 0 Å². The smallest absolute Gasteiger partial charge is 0.0466 e. The van der Waals surface area contributed by atoms with E-state index in [9.17, 15) is 0 Å². The van der Waals surface area contributed by atoms with Crippen LogP contribution in [0.15, 0.2) is 60.7 Å². The highest BCUT2D eigenvalue weighted by atomic mass is 16.5. The third-order valence-corrected chi connectivity index (χ3v) is 11.1. The van der Waals surface area contributed by atoms with Gasteiger partial charge in [-0.1, -0.05) is 240 Å². The molecule has 0 aromatic heterocycles. The van der Waals surface area contributed by atoms with E-state index in [2.05, 4.69) is 60.7 Å². The molecule has 0 aliphatic carbocycles. The van der Waals surface area contributed by atoms with E-state index in [1.165, 1.54) is 204 Å². The molecule has 0 radical (unpaired) electrons. The van der Waals surface area contributed by atoms with Crippen molar-refractivity contribution >= 4 is 0 Å². The molecular weight excluding hydrogens is 621 g/mol. The highest BCUT2D eigenvalue weighted by Crippen LogP contribution is 2.20. The first-order valence-electron chi connectivity index (χ1n) is 22.5. The van der Waals surface area contributed by atoms with E-state index in [0.717, 1.165) is 26.1 Å². The van der Waals surface area contributed by atoms with Gasteiger partial charge >= 0.3 is 0 Å². The molecule has 0 heterocycles. The zero-order chi connectivity index (χ0) is 36.1. The van der Waals surface area contributed by atoms with Crippen LogP contribution in [-0.4, -0.2) is 13.2 Å². The zero-order valence-corrected chi connectivity index (χ0v) is 33.5. The molecule has 0 amide bonds. The van der Waals surface area contributed by atoms with E-state index in [1.54, 1.807) is 0 Å². The van der Waals surface area contributed by atoms with E-state index in [-0.39, 0.29) is 12.1 Å². The summed E-state index contributed by atoms with van der Waals surface area (Å²) in [4.78, 5) is 0. The van der Waals surface area contributed by atoms with E-state index >= 15 is 0 Å². The van der Waals surface area contributed by atoms with Gasteiger partial charge in [-0.2, -0.15) is 0 Å². The summed E-state index contributed by atoms with van der Waals surface area (Å²) in [6.45, 7) is 1.95. The molecule has 3 nitrogen and oxygen atoms in total. The summed E-state index contributed by atoms with van der Waals surface area (Å²) in [5.74, 6) is 0. The maximum Gasteiger partial charge on any atom is 0.0466 e. The molecular formula is C48H84N2O. The normalized spacial score (nSPS) is 12.7. The number of unbranched alkanes of at least 4 members (excludes halogenated alkanes) is 28. The second-order valence-corrected chi connectivity index (χ2v) is 15.8. The average molecular weight is 705 g/mol. The molecule has 0 aliphatic rings. The van der Waals surface area contributed by atoms with Gasteiger partial charge in [0.05, 0.1) is 0 Å². The van der Waals surface area contributed by atoms with Crippen LogP contribution in [0, 0.1) is 0 Å². The van der Waals surface area contributed by atoms with Crippen LogP contribution >= 0.6 is 0 Å². The van der Waals surface area contributed by atoms with Crippen LogP contribution in [0.5, 0.6) is 0 Å². The summed E-state index contributed by atoms with van der Waals surface area (Å²) in [7, 11) is 0. The van der Waals surface area contributed by atoms with Crippen LogP contribution in [0.2, 0.25) is 0 Å². The van der Waals surface area contributed by atoms with Gasteiger partial charge in [-0.3, -0.25) is 0 Å². The van der Waals surface area contributed by atoms with Gasteiger partial charge in [0, 0.05) is 25.3 Å². The third kappa shape index (κ3) is 28.5. The van der Waals surface area contributed by atoms with Gasteiger partial charge in [0.2, 0.25) is 0 Å². The predicted octanol–water partition coefficient (Wildman–Crippen LogP) is 14.9. The van der Waals surface area contributed by atoms with Crippen molar-refractivity contribution in [1.82, 2.24) is 0 Å². The maximum atomic E-state index is 6.32. The predicted molar refractivity (Wildman–Crippen MR) is 225 cm³/mol. The first-order chi connectivity index (χ1) is 25.3. The second kappa shape index (κ2) is 35.4. The number of benzene rings is 2. The third-order valence-electron chi connectivity index (χ3n) is 11.1. The summed E-state index contributed by atoms with van der Waals surface area (Å²) >= 11 is 0. The Balaban J connectivity index is 1.15. The van der Waals surface area contributed by atoms with Crippen LogP contribution in [0.1, 0.15) is 229 Å². The lowest BCUT2D eigenvalue weighted by atomic mass is 10.00. The molecule has 2 atom stereocenters. The van der Waals surface area contributed by atoms with Crippen LogP contribution in [-0.2, 0) is 4.74 Å². The Morgan fingerprint density at radius 2 is 0.510 bits per heavy atom. The van der Waals surface area contributed by atoms with E-state index in [4.69, 9.17) is 16.2 Å². The average Bonchev–Trinajstić information content (AvgIpc) is 3.16. The van der Waals surface area contributed by atoms with E-state index in [0.29, 0.717) is 0 Å². The fourth-order valence-corrected chi connectivity index (χ4v) is 7.57. The Morgan fingerprint density at radius 1 is 0.294 bits per heavy atom. The molecule has 2 rings (SSSR count). The lowest BCUT2D eigenvalue weighted by Gasteiger charge is -2.11. The minimum Gasteiger partial charge on any atom is -0.381 e. The number of hydrogen-bond acceptors (Lipinski definition) is 3. The number of hydrogen-bond donors (Lipinski definition) is 2. The Bertz CT molecular complexity index is 873. The Morgan fingerprint density at radius 3 is 0.765 bits per heavy atom. The Kier molecular flexibility index (Phi) is 31.5. The molecule has 0 bridgehead atoms. The standard InChI is InChI=1S/C48H84N2O/c49-47(45-37-29-27-30-38-45)41-33-23-19-15-11-7-3-1-5-9-13-17-21-25-35-43-51-44-36-26-22-18-14-10-6-2-4-8-12-16-20-24-34-42-48(50)46-39-31-28-32-40-46/h27-32,37-40,47-48H,1-26,33-36,41-44,49-50H2. The Hall–Kier alpha value is -1.68. The molecule has 0 saturated carbocycles. The summed E-state index contributed by atoms with van der Waals surface area (Å²) < 4.78 is 5.91. The lowest BCUT2D eigenvalue weighted by Crippen LogP contribution is -2.09. The minimum absolute atomic E-state index is 0.213. The molecule has 0 aliphatic heterocycles. The minimum atomic E-state index is 0.213. The van der Waals surface area contributed by atoms with Crippen molar-refractivity contribution in [3.63, 3.8) is 0 Å². The molecule has 0 saturated heterocycles. The van der Waals surface area contributed by atoms with Crippen molar-refractivity contribution in [3.05, 3.63) is 71.8 Å². The summed E-state index contributed by atoms with van der Waals surface area (Å²) in [6.07, 6.45) is 43.9. The first kappa shape index (κ1) is 45.5. The van der Waals surface area contributed by atoms with Crippen LogP contribution in [0.25, 0.3) is 0 Å². The zero-order valence-electron chi connectivity index (χ0n) is 33.5. The van der Waals surface area contributed by atoms with Gasteiger partial charge in [0.15, 0.2) is 0 Å². The largest absolute Gasteiger partial charge is 0.381 e. The topological polar surface area (TPSA) is 61.3 Å². The maximum absolute atomic E-state index is 6.32. The number of rotatable bonds is 38. The molecule has 2 aromatic carbocycles. The lowest BCUT2D eigenvalue weighted by molar-refractivity contribution is 0.125. The fraction of sp³-hybridized carbons (Fsp3) is 0.750. The van der Waals surface area contributed by atoms with Crippen molar-refractivity contribution in [1.29, 1.82) is 0 Å².